The van der Waals surface area contributed by atoms with Gasteiger partial charge in [0.25, 0.3) is 5.56 Å². The van der Waals surface area contributed by atoms with Gasteiger partial charge < -0.3 is 5.32 Å². The van der Waals surface area contributed by atoms with Crippen LogP contribution in [0, 0.1) is 13.8 Å². The maximum absolute atomic E-state index is 13.0. The minimum absolute atomic E-state index is 0.0498. The Morgan fingerprint density at radius 3 is 2.81 bits per heavy atom. The summed E-state index contributed by atoms with van der Waals surface area (Å²) in [6, 6.07) is 3.90. The number of nitrogens with one attached hydrogen (secondary N) is 1. The first kappa shape index (κ1) is 18.4. The van der Waals surface area contributed by atoms with Crippen LogP contribution in [0.25, 0.3) is 10.2 Å². The fraction of sp³-hybridized carbons (Fsp3) is 0.350. The number of nitrogens with zero attached hydrogens (tertiary/aromatic N) is 2. The molecule has 0 aliphatic heterocycles. The molecule has 0 fully saturated rings. The molecular formula is C20H20BrN3O2S. The summed E-state index contributed by atoms with van der Waals surface area (Å²) in [5.74, 6) is -0.244. The van der Waals surface area contributed by atoms with Gasteiger partial charge in [0.15, 0.2) is 0 Å². The highest BCUT2D eigenvalue weighted by Gasteiger charge is 2.20. The highest BCUT2D eigenvalue weighted by Crippen LogP contribution is 2.33. The number of anilines is 1. The molecule has 2 heterocycles. The van der Waals surface area contributed by atoms with E-state index in [2.05, 4.69) is 26.2 Å². The molecule has 0 unspecified atom stereocenters. The van der Waals surface area contributed by atoms with Crippen LogP contribution in [0.4, 0.5) is 5.69 Å². The Morgan fingerprint density at radius 2 is 2.00 bits per heavy atom. The molecule has 0 radical (unpaired) electrons. The summed E-state index contributed by atoms with van der Waals surface area (Å²) in [5, 5.41) is 3.59. The summed E-state index contributed by atoms with van der Waals surface area (Å²) >= 11 is 5.10. The number of fused-ring (bicyclic) bond motifs is 3. The van der Waals surface area contributed by atoms with Gasteiger partial charge in [0.2, 0.25) is 5.91 Å². The van der Waals surface area contributed by atoms with Gasteiger partial charge >= 0.3 is 0 Å². The molecule has 0 saturated heterocycles. The normalized spacial score (nSPS) is 13.6. The van der Waals surface area contributed by atoms with E-state index in [0.29, 0.717) is 11.1 Å². The van der Waals surface area contributed by atoms with Crippen LogP contribution in [0.5, 0.6) is 0 Å². The number of aromatic nitrogens is 2. The summed E-state index contributed by atoms with van der Waals surface area (Å²) in [6.07, 6.45) is 5.71. The van der Waals surface area contributed by atoms with E-state index >= 15 is 0 Å². The van der Waals surface area contributed by atoms with Crippen molar-refractivity contribution in [2.45, 2.75) is 46.1 Å². The fourth-order valence-electron chi connectivity index (χ4n) is 3.51. The number of carbonyl (C=O) groups excluding carboxylic acids is 1. The minimum Gasteiger partial charge on any atom is -0.323 e. The monoisotopic (exact) mass is 445 g/mol. The first-order valence-electron chi connectivity index (χ1n) is 9.00. The first-order chi connectivity index (χ1) is 12.9. The molecule has 1 aliphatic carbocycles. The number of halogens is 1. The van der Waals surface area contributed by atoms with Gasteiger partial charge in [0.1, 0.15) is 11.4 Å². The van der Waals surface area contributed by atoms with Gasteiger partial charge in [-0.2, -0.15) is 0 Å². The Hall–Kier alpha value is -1.99. The van der Waals surface area contributed by atoms with Crippen molar-refractivity contribution in [1.82, 2.24) is 9.55 Å². The molecule has 0 spiro atoms. The Kier molecular flexibility index (Phi) is 4.90. The Balaban J connectivity index is 1.62. The van der Waals surface area contributed by atoms with Crippen molar-refractivity contribution in [2.24, 2.45) is 0 Å². The van der Waals surface area contributed by atoms with E-state index in [1.165, 1.54) is 22.2 Å². The molecule has 4 rings (SSSR count). The third-order valence-electron chi connectivity index (χ3n) is 5.11. The molecular weight excluding hydrogens is 426 g/mol. The lowest BCUT2D eigenvalue weighted by atomic mass is 9.97. The summed E-state index contributed by atoms with van der Waals surface area (Å²) in [7, 11) is 0. The SMILES string of the molecule is Cc1cc(Br)c(NC(=O)Cn2cnc3sc4c(c3c2=O)CCCC4)cc1C. The van der Waals surface area contributed by atoms with Crippen molar-refractivity contribution in [1.29, 1.82) is 0 Å². The Morgan fingerprint density at radius 1 is 1.26 bits per heavy atom. The van der Waals surface area contributed by atoms with Crippen molar-refractivity contribution in [2.75, 3.05) is 5.32 Å². The summed E-state index contributed by atoms with van der Waals surface area (Å²) in [6.45, 7) is 3.97. The Labute approximate surface area is 169 Å². The van der Waals surface area contributed by atoms with Crippen LogP contribution in [0.1, 0.15) is 34.4 Å². The molecule has 2 aromatic heterocycles. The minimum atomic E-state index is -0.244. The van der Waals surface area contributed by atoms with Crippen LogP contribution < -0.4 is 10.9 Å². The smallest absolute Gasteiger partial charge is 0.262 e. The number of hydrogen-bond donors (Lipinski definition) is 1. The highest BCUT2D eigenvalue weighted by atomic mass is 79.9. The molecule has 27 heavy (non-hydrogen) atoms. The first-order valence-corrected chi connectivity index (χ1v) is 10.6. The zero-order chi connectivity index (χ0) is 19.1. The van der Waals surface area contributed by atoms with E-state index in [1.54, 1.807) is 11.3 Å². The Bertz CT molecular complexity index is 1120. The molecule has 1 N–H and O–H groups in total. The lowest BCUT2D eigenvalue weighted by molar-refractivity contribution is -0.116. The van der Waals surface area contributed by atoms with Crippen LogP contribution in [-0.4, -0.2) is 15.5 Å². The average molecular weight is 446 g/mol. The standard InChI is InChI=1S/C20H20BrN3O2S/c1-11-7-14(21)15(8-12(11)2)23-17(25)9-24-10-22-19-18(20(24)26)13-5-3-4-6-16(13)27-19/h7-8,10H,3-6,9H2,1-2H3,(H,23,25). The van der Waals surface area contributed by atoms with E-state index < -0.39 is 0 Å². The van der Waals surface area contributed by atoms with Gasteiger partial charge in [-0.1, -0.05) is 0 Å². The number of thiophene rings is 1. The van der Waals surface area contributed by atoms with E-state index in [4.69, 9.17) is 0 Å². The van der Waals surface area contributed by atoms with Crippen LogP contribution in [0.3, 0.4) is 0 Å². The lowest BCUT2D eigenvalue weighted by Gasteiger charge is -2.12. The van der Waals surface area contributed by atoms with Gasteiger partial charge in [0, 0.05) is 9.35 Å². The van der Waals surface area contributed by atoms with Crippen molar-refractivity contribution in [3.63, 3.8) is 0 Å². The number of benzene rings is 1. The summed E-state index contributed by atoms with van der Waals surface area (Å²) in [4.78, 5) is 32.0. The number of carbonyl (C=O) groups is 1. The maximum Gasteiger partial charge on any atom is 0.262 e. The predicted octanol–water partition coefficient (Wildman–Crippen LogP) is 4.35. The van der Waals surface area contributed by atoms with Crippen LogP contribution in [0.2, 0.25) is 0 Å². The second kappa shape index (κ2) is 7.20. The van der Waals surface area contributed by atoms with Crippen molar-refractivity contribution >= 4 is 49.1 Å². The predicted molar refractivity (Wildman–Crippen MR) is 113 cm³/mol. The molecule has 5 nitrogen and oxygen atoms in total. The lowest BCUT2D eigenvalue weighted by Crippen LogP contribution is -2.28. The molecule has 0 bridgehead atoms. The number of amides is 1. The van der Waals surface area contributed by atoms with Crippen LogP contribution >= 0.6 is 27.3 Å². The molecule has 1 aromatic carbocycles. The number of aryl methyl sites for hydroxylation is 4. The summed E-state index contributed by atoms with van der Waals surface area (Å²) in [5.41, 5.74) is 3.98. The van der Waals surface area contributed by atoms with Gasteiger partial charge in [-0.25, -0.2) is 4.98 Å². The molecule has 3 aromatic rings. The maximum atomic E-state index is 13.0. The largest absolute Gasteiger partial charge is 0.323 e. The zero-order valence-corrected chi connectivity index (χ0v) is 17.7. The second-order valence-electron chi connectivity index (χ2n) is 7.03. The third kappa shape index (κ3) is 3.46. The van der Waals surface area contributed by atoms with Crippen molar-refractivity contribution < 1.29 is 4.79 Å². The zero-order valence-electron chi connectivity index (χ0n) is 15.3. The topological polar surface area (TPSA) is 64.0 Å². The van der Waals surface area contributed by atoms with Crippen LogP contribution in [0.15, 0.2) is 27.7 Å². The second-order valence-corrected chi connectivity index (χ2v) is 8.97. The van der Waals surface area contributed by atoms with E-state index in [0.717, 1.165) is 45.3 Å². The molecule has 0 saturated carbocycles. The highest BCUT2D eigenvalue weighted by molar-refractivity contribution is 9.10. The number of hydrogen-bond acceptors (Lipinski definition) is 4. The van der Waals surface area contributed by atoms with E-state index in [-0.39, 0.29) is 18.0 Å². The van der Waals surface area contributed by atoms with Gasteiger partial charge in [-0.15, -0.1) is 11.3 Å². The summed E-state index contributed by atoms with van der Waals surface area (Å²) < 4.78 is 2.24. The molecule has 0 atom stereocenters. The van der Waals surface area contributed by atoms with Crippen molar-refractivity contribution in [3.05, 3.63) is 54.9 Å². The molecule has 7 heteroatoms. The van der Waals surface area contributed by atoms with Gasteiger partial charge in [0.05, 0.1) is 17.4 Å². The van der Waals surface area contributed by atoms with Crippen molar-refractivity contribution in [3.8, 4) is 0 Å². The number of rotatable bonds is 3. The van der Waals surface area contributed by atoms with Gasteiger partial charge in [-0.05, 0) is 84.3 Å². The quantitative estimate of drug-likeness (QED) is 0.651. The third-order valence-corrected chi connectivity index (χ3v) is 6.97. The van der Waals surface area contributed by atoms with E-state index in [1.807, 2.05) is 26.0 Å². The van der Waals surface area contributed by atoms with Gasteiger partial charge in [-0.3, -0.25) is 14.2 Å². The fourth-order valence-corrected chi connectivity index (χ4v) is 5.29. The van der Waals surface area contributed by atoms with E-state index in [9.17, 15) is 9.59 Å². The molecule has 140 valence electrons. The average Bonchev–Trinajstić information content (AvgIpc) is 3.01. The molecule has 1 amide bonds. The molecule has 1 aliphatic rings. The van der Waals surface area contributed by atoms with Crippen LogP contribution in [-0.2, 0) is 24.2 Å².